The Bertz CT molecular complexity index is 1320. The van der Waals surface area contributed by atoms with Crippen LogP contribution in [0.15, 0.2) is 59.8 Å². The lowest BCUT2D eigenvalue weighted by atomic mass is 9.95. The minimum Gasteiger partial charge on any atom is -0.322 e. The first kappa shape index (κ1) is 21.0. The monoisotopic (exact) mass is 445 g/mol. The zero-order valence-corrected chi connectivity index (χ0v) is 19.4. The summed E-state index contributed by atoms with van der Waals surface area (Å²) in [5.41, 5.74) is 10.7. The molecule has 0 aliphatic heterocycles. The fourth-order valence-corrected chi connectivity index (χ4v) is 4.71. The van der Waals surface area contributed by atoms with Gasteiger partial charge in [-0.15, -0.1) is 0 Å². The predicted molar refractivity (Wildman–Crippen MR) is 128 cm³/mol. The van der Waals surface area contributed by atoms with Gasteiger partial charge in [0.15, 0.2) is 5.82 Å². The molecule has 0 bridgehead atoms. The van der Waals surface area contributed by atoms with E-state index in [1.54, 1.807) is 6.20 Å². The second-order valence-electron chi connectivity index (χ2n) is 8.94. The molecular formula is C25H27N5OS. The lowest BCUT2D eigenvalue weighted by Gasteiger charge is -2.19. The predicted octanol–water partition coefficient (Wildman–Crippen LogP) is 4.68. The molecule has 0 saturated heterocycles. The third kappa shape index (κ3) is 3.87. The van der Waals surface area contributed by atoms with Crippen molar-refractivity contribution in [3.8, 4) is 17.1 Å². The standard InChI is InChI=1S/C25H27N5OS/c1-4-32(31)19-8-9-20-22(14-19)30(29-24(20)16-5-6-16)23-10-7-17(15-28-23)21-13-18(11-12-27-21)25(2,3)26/h7-16H,4-6,26H2,1-3H3. The molecule has 7 heteroatoms. The molecule has 2 N–H and O–H groups in total. The fourth-order valence-electron chi connectivity index (χ4n) is 3.91. The minimum absolute atomic E-state index is 0.436. The van der Waals surface area contributed by atoms with Gasteiger partial charge in [-0.05, 0) is 74.7 Å². The molecule has 1 unspecified atom stereocenters. The number of nitrogens with zero attached hydrogens (tertiary/aromatic N) is 4. The third-order valence-electron chi connectivity index (χ3n) is 5.93. The van der Waals surface area contributed by atoms with Crippen LogP contribution in [0.4, 0.5) is 0 Å². The van der Waals surface area contributed by atoms with Gasteiger partial charge in [-0.25, -0.2) is 9.67 Å². The zero-order valence-electron chi connectivity index (χ0n) is 18.6. The Morgan fingerprint density at radius 2 is 1.94 bits per heavy atom. The van der Waals surface area contributed by atoms with Gasteiger partial charge in [-0.1, -0.05) is 6.92 Å². The van der Waals surface area contributed by atoms with Crippen molar-refractivity contribution in [2.24, 2.45) is 5.73 Å². The number of nitrogens with two attached hydrogens (primary N) is 1. The van der Waals surface area contributed by atoms with Crippen molar-refractivity contribution in [2.75, 3.05) is 5.75 Å². The Kier molecular flexibility index (Phi) is 5.18. The van der Waals surface area contributed by atoms with Gasteiger partial charge in [0.05, 0.1) is 27.7 Å². The number of benzene rings is 1. The SMILES string of the molecule is CCS(=O)c1ccc2c(C3CC3)nn(-c3ccc(-c4cc(C(C)(C)N)ccn4)cn3)c2c1. The van der Waals surface area contributed by atoms with Gasteiger partial charge in [-0.3, -0.25) is 9.19 Å². The van der Waals surface area contributed by atoms with Crippen molar-refractivity contribution in [1.82, 2.24) is 19.7 Å². The molecule has 1 aliphatic rings. The summed E-state index contributed by atoms with van der Waals surface area (Å²) in [4.78, 5) is 10.0. The van der Waals surface area contributed by atoms with Crippen LogP contribution in [-0.2, 0) is 16.3 Å². The minimum atomic E-state index is -1.02. The van der Waals surface area contributed by atoms with Crippen LogP contribution >= 0.6 is 0 Å². The Balaban J connectivity index is 1.56. The molecule has 1 fully saturated rings. The summed E-state index contributed by atoms with van der Waals surface area (Å²) in [5, 5.41) is 6.04. The Morgan fingerprint density at radius 1 is 1.12 bits per heavy atom. The summed E-state index contributed by atoms with van der Waals surface area (Å²) < 4.78 is 14.3. The van der Waals surface area contributed by atoms with Crippen molar-refractivity contribution in [2.45, 2.75) is 50.0 Å². The molecule has 5 rings (SSSR count). The normalized spacial score (nSPS) is 15.2. The summed E-state index contributed by atoms with van der Waals surface area (Å²) in [5.74, 6) is 1.83. The lowest BCUT2D eigenvalue weighted by molar-refractivity contribution is 0.554. The molecule has 0 radical (unpaired) electrons. The van der Waals surface area contributed by atoms with Gasteiger partial charge in [0.25, 0.3) is 0 Å². The first-order chi connectivity index (χ1) is 15.3. The number of hydrogen-bond donors (Lipinski definition) is 1. The molecule has 1 aromatic carbocycles. The summed E-state index contributed by atoms with van der Waals surface area (Å²) in [6.07, 6.45) is 5.94. The molecule has 6 nitrogen and oxygen atoms in total. The van der Waals surface area contributed by atoms with E-state index in [-0.39, 0.29) is 0 Å². The number of aromatic nitrogens is 4. The molecule has 164 valence electrons. The highest BCUT2D eigenvalue weighted by Gasteiger charge is 2.29. The summed E-state index contributed by atoms with van der Waals surface area (Å²) in [7, 11) is -1.02. The van der Waals surface area contributed by atoms with Crippen LogP contribution < -0.4 is 5.73 Å². The van der Waals surface area contributed by atoms with Crippen LogP contribution in [0.5, 0.6) is 0 Å². The van der Waals surface area contributed by atoms with Crippen LogP contribution in [0.2, 0.25) is 0 Å². The van der Waals surface area contributed by atoms with Crippen LogP contribution in [-0.4, -0.2) is 29.7 Å². The van der Waals surface area contributed by atoms with Gasteiger partial charge < -0.3 is 5.73 Å². The topological polar surface area (TPSA) is 86.7 Å². The van der Waals surface area contributed by atoms with Crippen molar-refractivity contribution in [3.63, 3.8) is 0 Å². The van der Waals surface area contributed by atoms with E-state index in [2.05, 4.69) is 11.1 Å². The van der Waals surface area contributed by atoms with Gasteiger partial charge in [0.2, 0.25) is 0 Å². The highest BCUT2D eigenvalue weighted by atomic mass is 32.2. The van der Waals surface area contributed by atoms with Gasteiger partial charge in [0.1, 0.15) is 0 Å². The summed E-state index contributed by atoms with van der Waals surface area (Å²) in [6, 6.07) is 14.0. The van der Waals surface area contributed by atoms with Crippen molar-refractivity contribution in [3.05, 3.63) is 66.1 Å². The Hall–Kier alpha value is -2.90. The second-order valence-corrected chi connectivity index (χ2v) is 10.7. The highest BCUT2D eigenvalue weighted by molar-refractivity contribution is 7.85. The molecule has 32 heavy (non-hydrogen) atoms. The molecule has 1 aliphatic carbocycles. The third-order valence-corrected chi connectivity index (χ3v) is 7.24. The number of fused-ring (bicyclic) bond motifs is 1. The quantitative estimate of drug-likeness (QED) is 0.466. The first-order valence-corrected chi connectivity index (χ1v) is 12.3. The van der Waals surface area contributed by atoms with E-state index in [0.717, 1.165) is 44.1 Å². The molecule has 3 heterocycles. The van der Waals surface area contributed by atoms with Crippen LogP contribution in [0.3, 0.4) is 0 Å². The Morgan fingerprint density at radius 3 is 2.59 bits per heavy atom. The number of pyridine rings is 2. The van der Waals surface area contributed by atoms with E-state index in [4.69, 9.17) is 15.8 Å². The molecule has 4 aromatic rings. The van der Waals surface area contributed by atoms with Crippen molar-refractivity contribution in [1.29, 1.82) is 0 Å². The maximum absolute atomic E-state index is 12.4. The molecular weight excluding hydrogens is 418 g/mol. The van der Waals surface area contributed by atoms with E-state index in [1.165, 1.54) is 12.8 Å². The largest absolute Gasteiger partial charge is 0.322 e. The van der Waals surface area contributed by atoms with E-state index < -0.39 is 16.3 Å². The van der Waals surface area contributed by atoms with Gasteiger partial charge >= 0.3 is 0 Å². The van der Waals surface area contributed by atoms with E-state index in [1.807, 2.05) is 68.0 Å². The average molecular weight is 446 g/mol. The van der Waals surface area contributed by atoms with E-state index in [9.17, 15) is 4.21 Å². The van der Waals surface area contributed by atoms with Crippen molar-refractivity contribution >= 4 is 21.7 Å². The molecule has 3 aromatic heterocycles. The number of rotatable bonds is 6. The second kappa shape index (κ2) is 7.90. The van der Waals surface area contributed by atoms with E-state index >= 15 is 0 Å². The molecule has 0 amide bonds. The smallest absolute Gasteiger partial charge is 0.154 e. The fraction of sp³-hybridized carbons (Fsp3) is 0.320. The highest BCUT2D eigenvalue weighted by Crippen LogP contribution is 2.43. The Labute approximate surface area is 190 Å². The lowest BCUT2D eigenvalue weighted by Crippen LogP contribution is -2.28. The summed E-state index contributed by atoms with van der Waals surface area (Å²) in [6.45, 7) is 5.89. The zero-order chi connectivity index (χ0) is 22.5. The average Bonchev–Trinajstić information content (AvgIpc) is 3.58. The van der Waals surface area contributed by atoms with Crippen LogP contribution in [0, 0.1) is 0 Å². The van der Waals surface area contributed by atoms with Crippen LogP contribution in [0.25, 0.3) is 28.0 Å². The van der Waals surface area contributed by atoms with Gasteiger partial charge in [-0.2, -0.15) is 5.10 Å². The van der Waals surface area contributed by atoms with Crippen molar-refractivity contribution < 1.29 is 4.21 Å². The van der Waals surface area contributed by atoms with Crippen LogP contribution in [0.1, 0.15) is 50.8 Å². The first-order valence-electron chi connectivity index (χ1n) is 11.0. The van der Waals surface area contributed by atoms with Gasteiger partial charge in [0, 0.05) is 45.4 Å². The maximum atomic E-state index is 12.4. The molecule has 1 atom stereocenters. The molecule has 1 saturated carbocycles. The summed E-state index contributed by atoms with van der Waals surface area (Å²) >= 11 is 0. The van der Waals surface area contributed by atoms with E-state index in [0.29, 0.717) is 11.7 Å². The maximum Gasteiger partial charge on any atom is 0.154 e. The molecule has 0 spiro atoms. The number of hydrogen-bond acceptors (Lipinski definition) is 5.